The Morgan fingerprint density at radius 1 is 0.360 bits per heavy atom. The van der Waals surface area contributed by atoms with E-state index in [-0.39, 0.29) is 101 Å². The Morgan fingerprint density at radius 2 is 0.776 bits per heavy atom. The minimum absolute atomic E-state index is 0. The Hall–Kier alpha value is -11.8. The molecule has 18 rings (SSSR count). The molecule has 5 N–H and O–H groups in total. The largest absolute Gasteiger partial charge is 0.440 e. The van der Waals surface area contributed by atoms with Gasteiger partial charge in [-0.25, -0.2) is 99.7 Å². The Morgan fingerprint density at radius 3 is 1.30 bits per heavy atom. The third-order valence-electron chi connectivity index (χ3n) is 18.3. The lowest BCUT2D eigenvalue weighted by atomic mass is 9.95. The molecule has 0 atom stereocenters. The minimum Gasteiger partial charge on any atom is -0.440 e. The second-order valence-electron chi connectivity index (χ2n) is 38.9. The first kappa shape index (κ1) is 107. The molecule has 28 heteroatoms. The van der Waals surface area contributed by atoms with Crippen molar-refractivity contribution in [1.29, 1.82) is 0 Å². The van der Waals surface area contributed by atoms with E-state index in [4.69, 9.17) is 4.42 Å². The summed E-state index contributed by atoms with van der Waals surface area (Å²) in [7, 11) is 0. The summed E-state index contributed by atoms with van der Waals surface area (Å²) in [5, 5.41) is 15.2. The Balaban J connectivity index is 0.000000360. The standard InChI is InChI=1S/C11H15N3.2C11H14N2.C10H15N3.2C10H13N3.2C9H12N4.C9H11N3O.7CH4/c1-7-5-8-6-12-10(11(2,3)4)14-9(8)13-7;2*1-11(2,3)10-12-7-8-5-4-6-9(8)13-10;3*1-10(2,3)9-12-6-7-4-5-11-8(7)13-9;1-9(2,3)8-10-4-6-7(13-8)12-5-11-6;1-9(2,3)8-10-4-6-5-11-13-7(6)12-8;1-9(2,3)8-10-4-6-7(12-8)11-5-13-6;;;;;;;/h6H,1,5H2,2-4H3,(H,12,13,14);2*4,6-7H,5H2,1-3H3;6H,4-5H2,1-3H3,(H,11,12,13);5-6H,4H2,1-3H3;4-6H,1-3H3,(H,11,12,13);2*4-5H,1-3H3,(H,10,11,12,13);4-5H,1-3H3;7*1H4. The number of oxazole rings is 1. The van der Waals surface area contributed by atoms with Crippen molar-refractivity contribution in [3.63, 3.8) is 0 Å². The van der Waals surface area contributed by atoms with Gasteiger partial charge in [0.25, 0.3) is 0 Å². The van der Waals surface area contributed by atoms with E-state index < -0.39 is 0 Å². The Labute approximate surface area is 745 Å². The number of nitrogens with one attached hydrogen (secondary N) is 5. The van der Waals surface area contributed by atoms with Crippen LogP contribution in [0.15, 0.2) is 121 Å². The van der Waals surface area contributed by atoms with E-state index in [2.05, 4.69) is 353 Å². The summed E-state index contributed by atoms with van der Waals surface area (Å²) in [5.41, 5.74) is 13.9. The van der Waals surface area contributed by atoms with Crippen molar-refractivity contribution in [2.24, 2.45) is 4.99 Å². The Kier molecular flexibility index (Phi) is 37.1. The first-order chi connectivity index (χ1) is 55.0. The summed E-state index contributed by atoms with van der Waals surface area (Å²) in [4.78, 5) is 97.1. The number of H-pyrrole nitrogens is 3. The van der Waals surface area contributed by atoms with E-state index in [1.54, 1.807) is 31.1 Å². The van der Waals surface area contributed by atoms with Gasteiger partial charge in [0.2, 0.25) is 5.65 Å². The first-order valence-electron chi connectivity index (χ1n) is 40.1. The highest BCUT2D eigenvalue weighted by Gasteiger charge is 2.28. The number of fused-ring (bicyclic) bond motifs is 9. The van der Waals surface area contributed by atoms with Crippen molar-refractivity contribution in [3.05, 3.63) is 203 Å². The topological polar surface area (TPSA) is 368 Å². The number of allylic oxidation sites excluding steroid dienone is 3. The maximum atomic E-state index is 5.05. The summed E-state index contributed by atoms with van der Waals surface area (Å²) in [6, 6.07) is 1.97. The number of rotatable bonds is 0. The number of nitrogens with zero attached hydrogens (tertiary/aromatic N) is 22. The highest BCUT2D eigenvalue weighted by molar-refractivity contribution is 5.75. The minimum atomic E-state index is -0.0485. The normalized spacial score (nSPS) is 13.0. The highest BCUT2D eigenvalue weighted by atomic mass is 16.3. The average molecular weight is 1710 g/mol. The van der Waals surface area contributed by atoms with Crippen LogP contribution >= 0.6 is 0 Å². The molecule has 0 amide bonds. The lowest BCUT2D eigenvalue weighted by Crippen LogP contribution is -2.16. The van der Waals surface area contributed by atoms with Crippen molar-refractivity contribution >= 4 is 80.3 Å². The molecule has 0 fully saturated rings. The van der Waals surface area contributed by atoms with Gasteiger partial charge in [-0.15, -0.1) is 0 Å². The quantitative estimate of drug-likeness (QED) is 0.0941. The predicted molar refractivity (Wildman–Crippen MR) is 518 cm³/mol. The number of hydrogen-bond donors (Lipinski definition) is 5. The van der Waals surface area contributed by atoms with Crippen LogP contribution in [-0.4, -0.2) is 133 Å². The van der Waals surface area contributed by atoms with Crippen LogP contribution in [0.2, 0.25) is 0 Å². The van der Waals surface area contributed by atoms with E-state index in [0.29, 0.717) is 11.2 Å². The van der Waals surface area contributed by atoms with Gasteiger partial charge < -0.3 is 25.0 Å². The number of anilines is 2. The van der Waals surface area contributed by atoms with Gasteiger partial charge in [0.05, 0.1) is 41.7 Å². The van der Waals surface area contributed by atoms with E-state index in [1.807, 2.05) is 55.7 Å². The summed E-state index contributed by atoms with van der Waals surface area (Å²) < 4.78 is 5.05. The van der Waals surface area contributed by atoms with E-state index in [9.17, 15) is 0 Å². The zero-order valence-corrected chi connectivity index (χ0v) is 74.2. The highest BCUT2D eigenvalue weighted by Crippen LogP contribution is 2.32. The van der Waals surface area contributed by atoms with E-state index >= 15 is 0 Å². The Bertz CT molecular complexity index is 5200. The fourth-order valence-corrected chi connectivity index (χ4v) is 11.3. The zero-order valence-electron chi connectivity index (χ0n) is 74.2. The molecular formula is C97H147N27O. The molecule has 5 aliphatic rings. The fourth-order valence-electron chi connectivity index (χ4n) is 11.3. The SMILES string of the molecule is C.C.C.C.C.C.C.C=C1Cc2cnc(C(C)(C)C)nc2N1.CC(C)(C)c1ncc2[nH]cnc2n1.CC(C)(C)c1ncc2c(n1)C=CC2.CC(C)(C)c1ncc2c(n1)C=CC2.CC(C)(C)c1ncc2c(n1)N=CC2.CC(C)(C)c1ncc2c(n1)NCC2.CC(C)(C)c1ncc2cc[nH]c2n1.CC(C)(C)c1ncc2cn[nH]c2n1.CC(C)(C)c1ncc2ocnc2n1. The van der Waals surface area contributed by atoms with Gasteiger partial charge in [0.1, 0.15) is 75.2 Å². The molecule has 2 aliphatic carbocycles. The molecule has 0 bridgehead atoms. The van der Waals surface area contributed by atoms with Gasteiger partial charge >= 0.3 is 0 Å². The first-order valence-corrected chi connectivity index (χ1v) is 40.1. The van der Waals surface area contributed by atoms with Crippen LogP contribution < -0.4 is 10.6 Å². The second kappa shape index (κ2) is 43.2. The number of aromatic nitrogens is 24. The van der Waals surface area contributed by atoms with Crippen LogP contribution in [0, 0.1) is 0 Å². The molecule has 0 saturated heterocycles. The monoisotopic (exact) mass is 1710 g/mol. The van der Waals surface area contributed by atoms with Gasteiger partial charge in [-0.3, -0.25) is 5.10 Å². The van der Waals surface area contributed by atoms with Gasteiger partial charge in [0.15, 0.2) is 29.1 Å². The molecular weight excluding hydrogens is 1560 g/mol. The van der Waals surface area contributed by atoms with E-state index in [1.165, 1.54) is 23.1 Å². The molecule has 13 aromatic heterocycles. The number of imidazole rings is 1. The van der Waals surface area contributed by atoms with Gasteiger partial charge in [-0.05, 0) is 48.6 Å². The van der Waals surface area contributed by atoms with Crippen LogP contribution in [0.4, 0.5) is 17.5 Å². The number of hydrogen-bond acceptors (Lipinski definition) is 25. The summed E-state index contributed by atoms with van der Waals surface area (Å²) in [5.74, 6) is 10.6. The van der Waals surface area contributed by atoms with Crippen LogP contribution in [-0.2, 0) is 80.8 Å². The van der Waals surface area contributed by atoms with Gasteiger partial charge in [-0.1, -0.05) is 258 Å². The van der Waals surface area contributed by atoms with Gasteiger partial charge in [0, 0.05) is 152 Å². The molecule has 0 saturated carbocycles. The van der Waals surface area contributed by atoms with Crippen LogP contribution in [0.1, 0.15) is 331 Å². The molecule has 125 heavy (non-hydrogen) atoms. The molecule has 13 aromatic rings. The smallest absolute Gasteiger partial charge is 0.201 e. The van der Waals surface area contributed by atoms with E-state index in [0.717, 1.165) is 170 Å². The van der Waals surface area contributed by atoms with Crippen molar-refractivity contribution < 1.29 is 4.42 Å². The maximum Gasteiger partial charge on any atom is 0.201 e. The average Bonchev–Trinajstić information content (AvgIpc) is 1.66. The molecule has 0 unspecified atom stereocenters. The third-order valence-corrected chi connectivity index (χ3v) is 18.3. The molecule has 676 valence electrons. The molecule has 28 nitrogen and oxygen atoms in total. The summed E-state index contributed by atoms with van der Waals surface area (Å²) in [6.07, 6.45) is 38.4. The van der Waals surface area contributed by atoms with Crippen LogP contribution in [0.25, 0.3) is 56.6 Å². The lowest BCUT2D eigenvalue weighted by molar-refractivity contribution is 0.543. The third kappa shape index (κ3) is 29.4. The maximum absolute atomic E-state index is 5.05. The number of aliphatic imine (C=N–C) groups is 1. The zero-order chi connectivity index (χ0) is 86.1. The molecule has 16 heterocycles. The molecule has 0 spiro atoms. The number of aromatic amines is 3. The second-order valence-corrected chi connectivity index (χ2v) is 38.9. The lowest BCUT2D eigenvalue weighted by Gasteiger charge is -2.16. The van der Waals surface area contributed by atoms with Crippen molar-refractivity contribution in [2.75, 3.05) is 17.2 Å². The van der Waals surface area contributed by atoms with Crippen molar-refractivity contribution in [2.45, 2.75) is 320 Å². The molecule has 0 aromatic carbocycles. The van der Waals surface area contributed by atoms with Gasteiger partial charge in [-0.2, -0.15) is 10.1 Å². The summed E-state index contributed by atoms with van der Waals surface area (Å²) in [6.45, 7) is 61.7. The summed E-state index contributed by atoms with van der Waals surface area (Å²) >= 11 is 0. The van der Waals surface area contributed by atoms with Crippen molar-refractivity contribution in [3.8, 4) is 0 Å². The molecule has 3 aliphatic heterocycles. The van der Waals surface area contributed by atoms with Crippen LogP contribution in [0.3, 0.4) is 0 Å². The van der Waals surface area contributed by atoms with Crippen LogP contribution in [0.5, 0.6) is 0 Å². The fraction of sp³-hybridized carbons (Fsp3) is 0.505. The molecule has 0 radical (unpaired) electrons. The predicted octanol–water partition coefficient (Wildman–Crippen LogP) is 22.6. The van der Waals surface area contributed by atoms with Crippen molar-refractivity contribution in [1.82, 2.24) is 120 Å².